The molecule has 0 radical (unpaired) electrons. The summed E-state index contributed by atoms with van der Waals surface area (Å²) in [7, 11) is 0. The zero-order valence-corrected chi connectivity index (χ0v) is 28.6. The van der Waals surface area contributed by atoms with Gasteiger partial charge < -0.3 is 28.4 Å². The van der Waals surface area contributed by atoms with Crippen LogP contribution < -0.4 is 17.1 Å². The first-order valence-electron chi connectivity index (χ1n) is 17.2. The Balaban J connectivity index is 1.38. The van der Waals surface area contributed by atoms with Gasteiger partial charge in [0.15, 0.2) is 0 Å². The predicted octanol–water partition coefficient (Wildman–Crippen LogP) is 1.42. The molecule has 15 heteroatoms. The van der Waals surface area contributed by atoms with E-state index in [1.54, 1.807) is 0 Å². The van der Waals surface area contributed by atoms with Crippen molar-refractivity contribution in [1.29, 1.82) is 0 Å². The number of esters is 3. The molecule has 0 atom stereocenters. The Morgan fingerprint density at radius 3 is 0.958 bits per heavy atom. The van der Waals surface area contributed by atoms with Crippen LogP contribution in [-0.2, 0) is 62.4 Å². The Morgan fingerprint density at radius 2 is 0.771 bits per heavy atom. The highest BCUT2D eigenvalue weighted by molar-refractivity contribution is 5.70. The smallest absolute Gasteiger partial charge is 0.336 e. The lowest BCUT2D eigenvalue weighted by Gasteiger charge is -2.39. The van der Waals surface area contributed by atoms with Crippen molar-refractivity contribution in [2.75, 3.05) is 59.5 Å². The van der Waals surface area contributed by atoms with E-state index < -0.39 is 35.0 Å². The zero-order chi connectivity index (χ0) is 34.8. The van der Waals surface area contributed by atoms with E-state index in [4.69, 9.17) is 28.4 Å². The number of nitrogens with zero attached hydrogens (tertiary/aromatic N) is 3. The Labute approximate surface area is 279 Å². The summed E-state index contributed by atoms with van der Waals surface area (Å²) in [5, 5.41) is 0. The Morgan fingerprint density at radius 1 is 0.521 bits per heavy atom. The van der Waals surface area contributed by atoms with Gasteiger partial charge in [-0.2, -0.15) is 0 Å². The van der Waals surface area contributed by atoms with Crippen molar-refractivity contribution in [3.63, 3.8) is 0 Å². The van der Waals surface area contributed by atoms with Crippen molar-refractivity contribution in [2.24, 2.45) is 16.2 Å². The lowest BCUT2D eigenvalue weighted by atomic mass is 9.84. The number of carbonyl (C=O) groups excluding carboxylic acids is 3. The Hall–Kier alpha value is -3.30. The maximum absolute atomic E-state index is 13.4. The summed E-state index contributed by atoms with van der Waals surface area (Å²) in [6, 6.07) is 0. The number of hydrogen-bond acceptors (Lipinski definition) is 12. The summed E-state index contributed by atoms with van der Waals surface area (Å²) in [4.78, 5) is 77.5. The number of carbonyl (C=O) groups is 3. The summed E-state index contributed by atoms with van der Waals surface area (Å²) in [6.07, 6.45) is 2.75. The van der Waals surface area contributed by atoms with Crippen molar-refractivity contribution < 1.29 is 42.8 Å². The number of rotatable bonds is 21. The number of hydrogen-bond donors (Lipinski definition) is 0. The largest absolute Gasteiger partial charge is 0.465 e. The highest BCUT2D eigenvalue weighted by Gasteiger charge is 2.39. The second kappa shape index (κ2) is 16.9. The van der Waals surface area contributed by atoms with E-state index in [0.717, 1.165) is 33.0 Å². The molecule has 0 N–H and O–H groups in total. The summed E-state index contributed by atoms with van der Waals surface area (Å²) in [6.45, 7) is 9.57. The van der Waals surface area contributed by atoms with Gasteiger partial charge >= 0.3 is 35.0 Å². The van der Waals surface area contributed by atoms with E-state index in [1.165, 1.54) is 0 Å². The van der Waals surface area contributed by atoms with Gasteiger partial charge in [-0.3, -0.25) is 14.4 Å². The van der Waals surface area contributed by atoms with Crippen molar-refractivity contribution in [2.45, 2.75) is 98.2 Å². The number of ether oxygens (including phenoxy) is 6. The van der Waals surface area contributed by atoms with E-state index in [-0.39, 0.29) is 94.2 Å². The molecule has 3 fully saturated rings. The van der Waals surface area contributed by atoms with E-state index in [9.17, 15) is 28.8 Å². The molecule has 0 spiro atoms. The second-order valence-corrected chi connectivity index (χ2v) is 13.6. The molecule has 3 aliphatic rings. The van der Waals surface area contributed by atoms with Gasteiger partial charge in [-0.1, -0.05) is 20.8 Å². The van der Waals surface area contributed by atoms with E-state index in [2.05, 4.69) is 0 Å². The molecule has 1 aromatic heterocycles. The molecule has 15 nitrogen and oxygen atoms in total. The average Bonchev–Trinajstić information content (AvgIpc) is 3.01. The van der Waals surface area contributed by atoms with Gasteiger partial charge in [-0.15, -0.1) is 0 Å². The lowest BCUT2D eigenvalue weighted by Crippen LogP contribution is -2.54. The topological polar surface area (TPSA) is 173 Å². The van der Waals surface area contributed by atoms with Gasteiger partial charge in [-0.25, -0.2) is 28.1 Å². The monoisotopic (exact) mass is 681 g/mol. The first-order chi connectivity index (χ1) is 23.0. The molecule has 0 bridgehead atoms. The standard InChI is InChI=1S/C33H51N3O12/c1-4-31(16-43-17-31)22-46-25(37)10-7-13-34-28(40)35(14-8-11-26(38)47-23-32(5-2)18-44-19-32)30(42)36(29(34)41)15-9-12-27(39)48-24-33(6-3)20-45-21-33/h4-24H2,1-3H3. The minimum atomic E-state index is -0.830. The van der Waals surface area contributed by atoms with Gasteiger partial charge in [0.2, 0.25) is 0 Å². The molecule has 0 aliphatic carbocycles. The molecule has 0 amide bonds. The van der Waals surface area contributed by atoms with Gasteiger partial charge in [0.1, 0.15) is 19.8 Å². The van der Waals surface area contributed by atoms with E-state index in [0.29, 0.717) is 39.6 Å². The van der Waals surface area contributed by atoms with Gasteiger partial charge in [0.25, 0.3) is 0 Å². The average molecular weight is 682 g/mol. The SMILES string of the molecule is CCC1(COC(=O)CCCn2c(=O)n(CCCC(=O)OCC3(CC)COC3)c(=O)n(CCCC(=O)OCC3(CC)COC3)c2=O)COC1. The van der Waals surface area contributed by atoms with E-state index in [1.807, 2.05) is 20.8 Å². The predicted molar refractivity (Wildman–Crippen MR) is 170 cm³/mol. The molecular formula is C33H51N3O12. The first-order valence-corrected chi connectivity index (χ1v) is 17.2. The van der Waals surface area contributed by atoms with E-state index >= 15 is 0 Å². The van der Waals surface area contributed by atoms with Crippen LogP contribution in [0.4, 0.5) is 0 Å². The molecule has 0 saturated carbocycles. The normalized spacial score (nSPS) is 18.6. The van der Waals surface area contributed by atoms with Crippen LogP contribution in [0.15, 0.2) is 14.4 Å². The van der Waals surface area contributed by atoms with Crippen LogP contribution in [0.5, 0.6) is 0 Å². The Bertz CT molecular complexity index is 1230. The minimum Gasteiger partial charge on any atom is -0.465 e. The fourth-order valence-corrected chi connectivity index (χ4v) is 5.66. The van der Waals surface area contributed by atoms with Crippen LogP contribution in [0.1, 0.15) is 78.6 Å². The summed E-state index contributed by atoms with van der Waals surface area (Å²) >= 11 is 0. The first kappa shape index (κ1) is 37.5. The highest BCUT2D eigenvalue weighted by Crippen LogP contribution is 2.33. The van der Waals surface area contributed by atoms with Crippen molar-refractivity contribution in [3.8, 4) is 0 Å². The molecule has 48 heavy (non-hydrogen) atoms. The van der Waals surface area contributed by atoms with Crippen LogP contribution in [0.2, 0.25) is 0 Å². The van der Waals surface area contributed by atoms with Crippen molar-refractivity contribution >= 4 is 17.9 Å². The summed E-state index contributed by atoms with van der Waals surface area (Å²) in [5.41, 5.74) is -2.99. The minimum absolute atomic E-state index is 0.0298. The second-order valence-electron chi connectivity index (χ2n) is 13.6. The van der Waals surface area contributed by atoms with Crippen LogP contribution in [0.25, 0.3) is 0 Å². The molecule has 4 heterocycles. The summed E-state index contributed by atoms with van der Waals surface area (Å²) in [5.74, 6) is -1.36. The fourth-order valence-electron chi connectivity index (χ4n) is 5.66. The van der Waals surface area contributed by atoms with Crippen molar-refractivity contribution in [3.05, 3.63) is 31.5 Å². The maximum atomic E-state index is 13.4. The third kappa shape index (κ3) is 9.23. The third-order valence-corrected chi connectivity index (χ3v) is 9.99. The molecule has 3 aliphatic heterocycles. The molecule has 4 rings (SSSR count). The van der Waals surface area contributed by atoms with Crippen molar-refractivity contribution in [1.82, 2.24) is 13.7 Å². The quantitative estimate of drug-likeness (QED) is 0.135. The Kier molecular flexibility index (Phi) is 13.2. The fraction of sp³-hybridized carbons (Fsp3) is 0.818. The zero-order valence-electron chi connectivity index (χ0n) is 28.6. The van der Waals surface area contributed by atoms with Crippen LogP contribution >= 0.6 is 0 Å². The molecule has 3 saturated heterocycles. The van der Waals surface area contributed by atoms with Gasteiger partial charge in [-0.05, 0) is 38.5 Å². The highest BCUT2D eigenvalue weighted by atomic mass is 16.6. The summed E-state index contributed by atoms with van der Waals surface area (Å²) < 4.78 is 34.8. The lowest BCUT2D eigenvalue weighted by molar-refractivity contribution is -0.171. The molecule has 0 unspecified atom stereocenters. The molecule has 1 aromatic rings. The van der Waals surface area contributed by atoms with Crippen LogP contribution in [0, 0.1) is 16.2 Å². The van der Waals surface area contributed by atoms with Gasteiger partial charge in [0.05, 0.1) is 55.9 Å². The van der Waals surface area contributed by atoms with Gasteiger partial charge in [0, 0.05) is 38.9 Å². The molecule has 0 aromatic carbocycles. The number of aromatic nitrogens is 3. The molecule has 270 valence electrons. The maximum Gasteiger partial charge on any atom is 0.336 e. The molecular weight excluding hydrogens is 630 g/mol. The van der Waals surface area contributed by atoms with Crippen LogP contribution in [-0.4, -0.2) is 91.1 Å². The third-order valence-electron chi connectivity index (χ3n) is 9.99. The van der Waals surface area contributed by atoms with Crippen LogP contribution in [0.3, 0.4) is 0 Å².